The second-order valence-corrected chi connectivity index (χ2v) is 4.79. The number of anilines is 1. The summed E-state index contributed by atoms with van der Waals surface area (Å²) in [6.07, 6.45) is 6.26. The van der Waals surface area contributed by atoms with Crippen LogP contribution in [0.2, 0.25) is 0 Å². The van der Waals surface area contributed by atoms with Crippen LogP contribution in [0.15, 0.2) is 35.0 Å². The first kappa shape index (κ1) is 12.3. The molecule has 1 aliphatic rings. The summed E-state index contributed by atoms with van der Waals surface area (Å²) < 4.78 is 11.7. The van der Waals surface area contributed by atoms with Crippen LogP contribution < -0.4 is 10.1 Å². The topological polar surface area (TPSA) is 30.5 Å². The lowest BCUT2D eigenvalue weighted by atomic mass is 10.1. The first-order chi connectivity index (χ1) is 8.29. The SMILES string of the molecule is COc1cc(NCC2CCC=CO2)ccc1Br. The molecule has 2 rings (SSSR count). The lowest BCUT2D eigenvalue weighted by Gasteiger charge is -2.20. The quantitative estimate of drug-likeness (QED) is 0.922. The smallest absolute Gasteiger partial charge is 0.135 e. The highest BCUT2D eigenvalue weighted by Gasteiger charge is 2.10. The van der Waals surface area contributed by atoms with Crippen LogP contribution in [0.4, 0.5) is 5.69 Å². The molecule has 1 heterocycles. The highest BCUT2D eigenvalue weighted by atomic mass is 79.9. The average molecular weight is 298 g/mol. The highest BCUT2D eigenvalue weighted by molar-refractivity contribution is 9.10. The van der Waals surface area contributed by atoms with E-state index in [1.807, 2.05) is 18.2 Å². The van der Waals surface area contributed by atoms with E-state index in [9.17, 15) is 0 Å². The summed E-state index contributed by atoms with van der Waals surface area (Å²) in [6.45, 7) is 0.815. The van der Waals surface area contributed by atoms with Crippen molar-refractivity contribution in [2.75, 3.05) is 19.0 Å². The second-order valence-electron chi connectivity index (χ2n) is 3.94. The van der Waals surface area contributed by atoms with Gasteiger partial charge in [0.2, 0.25) is 0 Å². The zero-order valence-electron chi connectivity index (χ0n) is 9.78. The molecule has 0 aromatic heterocycles. The van der Waals surface area contributed by atoms with Crippen LogP contribution in [0.25, 0.3) is 0 Å². The number of methoxy groups -OCH3 is 1. The maximum atomic E-state index is 5.50. The van der Waals surface area contributed by atoms with Crippen molar-refractivity contribution < 1.29 is 9.47 Å². The van der Waals surface area contributed by atoms with Crippen LogP contribution >= 0.6 is 15.9 Å². The van der Waals surface area contributed by atoms with Crippen LogP contribution in [0.1, 0.15) is 12.8 Å². The van der Waals surface area contributed by atoms with Gasteiger partial charge in [-0.1, -0.05) is 0 Å². The van der Waals surface area contributed by atoms with Gasteiger partial charge in [-0.15, -0.1) is 0 Å². The molecule has 3 nitrogen and oxygen atoms in total. The standard InChI is InChI=1S/C13H16BrNO2/c1-16-13-8-10(5-6-12(13)14)15-9-11-4-2-3-7-17-11/h3,5-8,11,15H,2,4,9H2,1H3. The molecule has 0 spiro atoms. The molecule has 1 unspecified atom stereocenters. The Balaban J connectivity index is 1.92. The Morgan fingerprint density at radius 3 is 3.12 bits per heavy atom. The monoisotopic (exact) mass is 297 g/mol. The van der Waals surface area contributed by atoms with Crippen LogP contribution in [0.3, 0.4) is 0 Å². The Bertz CT molecular complexity index is 406. The van der Waals surface area contributed by atoms with Gasteiger partial charge < -0.3 is 14.8 Å². The normalized spacial score (nSPS) is 18.6. The number of ether oxygens (including phenoxy) is 2. The number of allylic oxidation sites excluding steroid dienone is 1. The molecule has 4 heteroatoms. The molecule has 0 saturated carbocycles. The van der Waals surface area contributed by atoms with Crippen LogP contribution in [-0.4, -0.2) is 19.8 Å². The maximum absolute atomic E-state index is 5.50. The van der Waals surface area contributed by atoms with Gasteiger partial charge in [0.1, 0.15) is 11.9 Å². The molecule has 1 aromatic rings. The van der Waals surface area contributed by atoms with E-state index in [-0.39, 0.29) is 6.10 Å². The first-order valence-corrected chi connectivity index (χ1v) is 6.47. The molecule has 0 saturated heterocycles. The maximum Gasteiger partial charge on any atom is 0.135 e. The van der Waals surface area contributed by atoms with Crippen molar-refractivity contribution in [3.05, 3.63) is 35.0 Å². The van der Waals surface area contributed by atoms with Gasteiger partial charge in [0.05, 0.1) is 24.4 Å². The molecule has 92 valence electrons. The summed E-state index contributed by atoms with van der Waals surface area (Å²) >= 11 is 3.43. The van der Waals surface area contributed by atoms with E-state index in [0.717, 1.165) is 35.3 Å². The molecule has 0 fully saturated rings. The van der Waals surface area contributed by atoms with E-state index in [1.54, 1.807) is 13.4 Å². The third-order valence-electron chi connectivity index (χ3n) is 2.71. The Labute approximate surface area is 110 Å². The summed E-state index contributed by atoms with van der Waals surface area (Å²) in [7, 11) is 1.67. The minimum atomic E-state index is 0.259. The molecule has 0 bridgehead atoms. The summed E-state index contributed by atoms with van der Waals surface area (Å²) in [5.74, 6) is 0.833. The Morgan fingerprint density at radius 2 is 2.41 bits per heavy atom. The number of hydrogen-bond acceptors (Lipinski definition) is 3. The van der Waals surface area contributed by atoms with Crippen LogP contribution in [-0.2, 0) is 4.74 Å². The molecular weight excluding hydrogens is 282 g/mol. The van der Waals surface area contributed by atoms with Crippen LogP contribution in [0, 0.1) is 0 Å². The fourth-order valence-corrected chi connectivity index (χ4v) is 2.14. The van der Waals surface area contributed by atoms with Gasteiger partial charge in [-0.25, -0.2) is 0 Å². The zero-order chi connectivity index (χ0) is 12.1. The summed E-state index contributed by atoms with van der Waals surface area (Å²) in [6, 6.07) is 5.97. The molecule has 1 aliphatic heterocycles. The average Bonchev–Trinajstić information content (AvgIpc) is 2.39. The largest absolute Gasteiger partial charge is 0.497 e. The lowest BCUT2D eigenvalue weighted by Crippen LogP contribution is -2.22. The predicted molar refractivity (Wildman–Crippen MR) is 72.4 cm³/mol. The zero-order valence-corrected chi connectivity index (χ0v) is 11.4. The predicted octanol–water partition coefficient (Wildman–Crippen LogP) is 3.56. The van der Waals surface area contributed by atoms with E-state index in [1.165, 1.54) is 0 Å². The number of rotatable bonds is 4. The van der Waals surface area contributed by atoms with Gasteiger partial charge in [0.25, 0.3) is 0 Å². The van der Waals surface area contributed by atoms with E-state index in [4.69, 9.17) is 9.47 Å². The van der Waals surface area contributed by atoms with Crippen molar-refractivity contribution in [2.24, 2.45) is 0 Å². The van der Waals surface area contributed by atoms with Crippen molar-refractivity contribution in [2.45, 2.75) is 18.9 Å². The highest BCUT2D eigenvalue weighted by Crippen LogP contribution is 2.27. The van der Waals surface area contributed by atoms with Gasteiger partial charge in [0.15, 0.2) is 0 Å². The first-order valence-electron chi connectivity index (χ1n) is 5.67. The fourth-order valence-electron chi connectivity index (χ4n) is 1.74. The van der Waals surface area contributed by atoms with Crippen molar-refractivity contribution in [3.8, 4) is 5.75 Å². The van der Waals surface area contributed by atoms with Crippen molar-refractivity contribution in [1.82, 2.24) is 0 Å². The summed E-state index contributed by atoms with van der Waals surface area (Å²) in [5, 5.41) is 3.36. The number of halogens is 1. The van der Waals surface area contributed by atoms with Crippen molar-refractivity contribution in [1.29, 1.82) is 0 Å². The summed E-state index contributed by atoms with van der Waals surface area (Å²) in [4.78, 5) is 0. The molecule has 0 radical (unpaired) electrons. The third-order valence-corrected chi connectivity index (χ3v) is 3.36. The number of benzene rings is 1. The minimum absolute atomic E-state index is 0.259. The second kappa shape index (κ2) is 5.96. The molecule has 1 N–H and O–H groups in total. The Morgan fingerprint density at radius 1 is 1.53 bits per heavy atom. The minimum Gasteiger partial charge on any atom is -0.497 e. The molecule has 17 heavy (non-hydrogen) atoms. The Kier molecular flexibility index (Phi) is 4.31. The lowest BCUT2D eigenvalue weighted by molar-refractivity contribution is 0.135. The van der Waals surface area contributed by atoms with E-state index in [0.29, 0.717) is 0 Å². The van der Waals surface area contributed by atoms with Crippen LogP contribution in [0.5, 0.6) is 5.75 Å². The molecular formula is C13H16BrNO2. The van der Waals surface area contributed by atoms with E-state index >= 15 is 0 Å². The van der Waals surface area contributed by atoms with E-state index < -0.39 is 0 Å². The molecule has 0 aliphatic carbocycles. The van der Waals surface area contributed by atoms with Gasteiger partial charge in [-0.05, 0) is 47.0 Å². The Hall–Kier alpha value is -1.16. The van der Waals surface area contributed by atoms with Crippen molar-refractivity contribution in [3.63, 3.8) is 0 Å². The van der Waals surface area contributed by atoms with Gasteiger partial charge in [-0.2, -0.15) is 0 Å². The summed E-state index contributed by atoms with van der Waals surface area (Å²) in [5.41, 5.74) is 1.04. The molecule has 1 atom stereocenters. The van der Waals surface area contributed by atoms with Gasteiger partial charge in [-0.3, -0.25) is 0 Å². The van der Waals surface area contributed by atoms with Gasteiger partial charge in [0, 0.05) is 11.8 Å². The van der Waals surface area contributed by atoms with Crippen molar-refractivity contribution >= 4 is 21.6 Å². The molecule has 0 amide bonds. The number of hydrogen-bond donors (Lipinski definition) is 1. The van der Waals surface area contributed by atoms with Gasteiger partial charge >= 0.3 is 0 Å². The third kappa shape index (κ3) is 3.40. The number of nitrogens with one attached hydrogen (secondary N) is 1. The fraction of sp³-hybridized carbons (Fsp3) is 0.385. The molecule has 1 aromatic carbocycles. The van der Waals surface area contributed by atoms with E-state index in [2.05, 4.69) is 27.3 Å².